The van der Waals surface area contributed by atoms with E-state index in [-0.39, 0.29) is 11.4 Å². The molecule has 0 aliphatic heterocycles. The van der Waals surface area contributed by atoms with Crippen LogP contribution in [-0.2, 0) is 0 Å². The van der Waals surface area contributed by atoms with Gasteiger partial charge in [0.15, 0.2) is 0 Å². The van der Waals surface area contributed by atoms with Gasteiger partial charge < -0.3 is 5.32 Å². The Kier molecular flexibility index (Phi) is 2.89. The number of nitrogens with zero attached hydrogens (tertiary/aromatic N) is 1. The highest BCUT2D eigenvalue weighted by Gasteiger charge is 2.15. The summed E-state index contributed by atoms with van der Waals surface area (Å²) in [6.45, 7) is 7.70. The zero-order chi connectivity index (χ0) is 10.8. The maximum atomic E-state index is 11.6. The van der Waals surface area contributed by atoms with Crippen LogP contribution in [0.1, 0.15) is 37.0 Å². The van der Waals surface area contributed by atoms with E-state index in [1.54, 1.807) is 6.07 Å². The molecule has 0 fully saturated rings. The number of carbonyl (C=O) groups excluding carboxylic acids is 1. The van der Waals surface area contributed by atoms with E-state index in [9.17, 15) is 4.79 Å². The van der Waals surface area contributed by atoms with Crippen molar-refractivity contribution in [2.24, 2.45) is 0 Å². The van der Waals surface area contributed by atoms with Crippen molar-refractivity contribution in [2.75, 3.05) is 0 Å². The largest absolute Gasteiger partial charge is 0.346 e. The molecule has 0 unspecified atom stereocenters. The van der Waals surface area contributed by atoms with Crippen LogP contribution in [0.25, 0.3) is 0 Å². The van der Waals surface area contributed by atoms with Crippen LogP contribution < -0.4 is 5.32 Å². The molecule has 1 rings (SSSR count). The van der Waals surface area contributed by atoms with E-state index >= 15 is 0 Å². The molecular weight excluding hydrogens is 176 g/mol. The van der Waals surface area contributed by atoms with Crippen molar-refractivity contribution in [1.82, 2.24) is 10.3 Å². The fraction of sp³-hybridized carbons (Fsp3) is 0.455. The minimum Gasteiger partial charge on any atom is -0.346 e. The van der Waals surface area contributed by atoms with E-state index in [1.165, 1.54) is 0 Å². The third-order valence-corrected chi connectivity index (χ3v) is 1.61. The van der Waals surface area contributed by atoms with E-state index < -0.39 is 0 Å². The molecule has 0 radical (unpaired) electrons. The van der Waals surface area contributed by atoms with Crippen LogP contribution in [0.4, 0.5) is 0 Å². The summed E-state index contributed by atoms with van der Waals surface area (Å²) in [5.41, 5.74) is 1.11. The molecule has 0 spiro atoms. The molecule has 3 nitrogen and oxygen atoms in total. The van der Waals surface area contributed by atoms with Crippen LogP contribution in [0, 0.1) is 6.92 Å². The SMILES string of the molecule is Cc1cccc(C(=O)NC(C)(C)C)n1. The molecule has 1 N–H and O–H groups in total. The molecule has 0 atom stereocenters. The normalized spacial score (nSPS) is 11.1. The summed E-state index contributed by atoms with van der Waals surface area (Å²) >= 11 is 0. The van der Waals surface area contributed by atoms with Crippen molar-refractivity contribution >= 4 is 5.91 Å². The zero-order valence-electron chi connectivity index (χ0n) is 9.09. The molecule has 1 aromatic rings. The van der Waals surface area contributed by atoms with Gasteiger partial charge in [-0.25, -0.2) is 4.98 Å². The third kappa shape index (κ3) is 3.17. The Hall–Kier alpha value is -1.38. The first-order chi connectivity index (χ1) is 6.38. The number of aryl methyl sites for hydroxylation is 1. The molecule has 0 aliphatic carbocycles. The van der Waals surface area contributed by atoms with Crippen LogP contribution in [0.3, 0.4) is 0 Å². The highest BCUT2D eigenvalue weighted by atomic mass is 16.2. The van der Waals surface area contributed by atoms with E-state index in [4.69, 9.17) is 0 Å². The maximum Gasteiger partial charge on any atom is 0.270 e. The second-order valence-electron chi connectivity index (χ2n) is 4.37. The summed E-state index contributed by atoms with van der Waals surface area (Å²) in [7, 11) is 0. The van der Waals surface area contributed by atoms with Gasteiger partial charge in [0.1, 0.15) is 5.69 Å². The lowest BCUT2D eigenvalue weighted by Gasteiger charge is -2.20. The predicted molar refractivity (Wildman–Crippen MR) is 56.2 cm³/mol. The molecule has 76 valence electrons. The van der Waals surface area contributed by atoms with Crippen molar-refractivity contribution in [2.45, 2.75) is 33.2 Å². The first kappa shape index (κ1) is 10.7. The fourth-order valence-electron chi connectivity index (χ4n) is 1.07. The number of hydrogen-bond acceptors (Lipinski definition) is 2. The summed E-state index contributed by atoms with van der Waals surface area (Å²) < 4.78 is 0. The molecular formula is C11H16N2O. The van der Waals surface area contributed by atoms with E-state index in [0.29, 0.717) is 5.69 Å². The first-order valence-electron chi connectivity index (χ1n) is 4.65. The third-order valence-electron chi connectivity index (χ3n) is 1.61. The Bertz CT molecular complexity index is 339. The Balaban J connectivity index is 2.80. The van der Waals surface area contributed by atoms with Crippen molar-refractivity contribution in [3.63, 3.8) is 0 Å². The Morgan fingerprint density at radius 1 is 1.36 bits per heavy atom. The average Bonchev–Trinajstić information content (AvgIpc) is 2.01. The van der Waals surface area contributed by atoms with Gasteiger partial charge in [-0.2, -0.15) is 0 Å². The molecule has 0 saturated heterocycles. The summed E-state index contributed by atoms with van der Waals surface area (Å²) in [5, 5.41) is 2.86. The van der Waals surface area contributed by atoms with Gasteiger partial charge in [0.05, 0.1) is 0 Å². The van der Waals surface area contributed by atoms with E-state index in [0.717, 1.165) is 5.69 Å². The van der Waals surface area contributed by atoms with Crippen LogP contribution in [0.2, 0.25) is 0 Å². The Labute approximate surface area is 84.6 Å². The smallest absolute Gasteiger partial charge is 0.270 e. The Morgan fingerprint density at radius 3 is 2.50 bits per heavy atom. The molecule has 14 heavy (non-hydrogen) atoms. The van der Waals surface area contributed by atoms with Crippen molar-refractivity contribution in [1.29, 1.82) is 0 Å². The highest BCUT2D eigenvalue weighted by molar-refractivity contribution is 5.92. The van der Waals surface area contributed by atoms with Gasteiger partial charge in [-0.1, -0.05) is 6.07 Å². The molecule has 0 bridgehead atoms. The average molecular weight is 192 g/mol. The van der Waals surface area contributed by atoms with Gasteiger partial charge in [-0.15, -0.1) is 0 Å². The summed E-state index contributed by atoms with van der Waals surface area (Å²) in [5.74, 6) is -0.124. The van der Waals surface area contributed by atoms with Gasteiger partial charge in [0.2, 0.25) is 0 Å². The molecule has 1 heterocycles. The first-order valence-corrected chi connectivity index (χ1v) is 4.65. The quantitative estimate of drug-likeness (QED) is 0.738. The lowest BCUT2D eigenvalue weighted by atomic mass is 10.1. The maximum absolute atomic E-state index is 11.6. The number of pyridine rings is 1. The topological polar surface area (TPSA) is 42.0 Å². The molecule has 1 aromatic heterocycles. The van der Waals surface area contributed by atoms with Crippen molar-refractivity contribution in [3.8, 4) is 0 Å². The summed E-state index contributed by atoms with van der Waals surface area (Å²) in [6, 6.07) is 5.42. The highest BCUT2D eigenvalue weighted by Crippen LogP contribution is 2.03. The molecule has 0 aliphatic rings. The molecule has 1 amide bonds. The number of hydrogen-bond donors (Lipinski definition) is 1. The number of aromatic nitrogens is 1. The van der Waals surface area contributed by atoms with Gasteiger partial charge in [-0.3, -0.25) is 4.79 Å². The standard InChI is InChI=1S/C11H16N2O/c1-8-6-5-7-9(12-8)10(14)13-11(2,3)4/h5-7H,1-4H3,(H,13,14). The van der Waals surface area contributed by atoms with Crippen LogP contribution in [0.5, 0.6) is 0 Å². The lowest BCUT2D eigenvalue weighted by molar-refractivity contribution is 0.0914. The molecule has 3 heteroatoms. The molecule has 0 saturated carbocycles. The van der Waals surface area contributed by atoms with Gasteiger partial charge >= 0.3 is 0 Å². The second kappa shape index (κ2) is 3.78. The van der Waals surface area contributed by atoms with Gasteiger partial charge in [-0.05, 0) is 39.8 Å². The predicted octanol–water partition coefficient (Wildman–Crippen LogP) is 1.92. The minimum absolute atomic E-state index is 0.124. The number of amides is 1. The summed E-state index contributed by atoms with van der Waals surface area (Å²) in [6.07, 6.45) is 0. The summed E-state index contributed by atoms with van der Waals surface area (Å²) in [4.78, 5) is 15.8. The number of carbonyl (C=O) groups is 1. The lowest BCUT2D eigenvalue weighted by Crippen LogP contribution is -2.40. The van der Waals surface area contributed by atoms with Crippen molar-refractivity contribution in [3.05, 3.63) is 29.6 Å². The zero-order valence-corrected chi connectivity index (χ0v) is 9.09. The fourth-order valence-corrected chi connectivity index (χ4v) is 1.07. The monoisotopic (exact) mass is 192 g/mol. The molecule has 0 aromatic carbocycles. The van der Waals surface area contributed by atoms with Crippen LogP contribution >= 0.6 is 0 Å². The van der Waals surface area contributed by atoms with Gasteiger partial charge in [0, 0.05) is 11.2 Å². The second-order valence-corrected chi connectivity index (χ2v) is 4.37. The van der Waals surface area contributed by atoms with Crippen molar-refractivity contribution < 1.29 is 4.79 Å². The number of nitrogens with one attached hydrogen (secondary N) is 1. The van der Waals surface area contributed by atoms with Crippen LogP contribution in [0.15, 0.2) is 18.2 Å². The van der Waals surface area contributed by atoms with E-state index in [1.807, 2.05) is 39.8 Å². The van der Waals surface area contributed by atoms with Gasteiger partial charge in [0.25, 0.3) is 5.91 Å². The Morgan fingerprint density at radius 2 is 2.00 bits per heavy atom. The number of rotatable bonds is 1. The minimum atomic E-state index is -0.220. The van der Waals surface area contributed by atoms with Crippen LogP contribution in [-0.4, -0.2) is 16.4 Å². The van der Waals surface area contributed by atoms with E-state index in [2.05, 4.69) is 10.3 Å².